The summed E-state index contributed by atoms with van der Waals surface area (Å²) in [5.41, 5.74) is 1.61. The lowest BCUT2D eigenvalue weighted by molar-refractivity contribution is 0.0950. The Hall–Kier alpha value is -2.67. The van der Waals surface area contributed by atoms with Crippen LogP contribution in [-0.4, -0.2) is 32.7 Å². The topological polar surface area (TPSA) is 72.7 Å². The van der Waals surface area contributed by atoms with Crippen LogP contribution in [0.2, 0.25) is 0 Å². The van der Waals surface area contributed by atoms with Crippen LogP contribution in [-0.2, 0) is 5.75 Å². The molecule has 2 aromatic carbocycles. The molecule has 1 N–H and O–H groups in total. The number of hydrogen-bond acceptors (Lipinski definition) is 5. The van der Waals surface area contributed by atoms with Gasteiger partial charge in [0, 0.05) is 11.4 Å². The van der Waals surface area contributed by atoms with Crippen molar-refractivity contribution in [2.75, 3.05) is 6.54 Å². The number of hydrogen-bond donors (Lipinski definition) is 1. The fourth-order valence-electron chi connectivity index (χ4n) is 2.84. The lowest BCUT2D eigenvalue weighted by Crippen LogP contribution is -2.25. The molecule has 7 heteroatoms. The number of nitrogens with zero attached hydrogens (tertiary/aromatic N) is 4. The summed E-state index contributed by atoms with van der Waals surface area (Å²) in [6.45, 7) is 2.89. The van der Waals surface area contributed by atoms with E-state index in [1.54, 1.807) is 16.4 Å². The van der Waals surface area contributed by atoms with Crippen molar-refractivity contribution in [3.63, 3.8) is 0 Å². The van der Waals surface area contributed by atoms with Crippen molar-refractivity contribution in [1.82, 2.24) is 25.5 Å². The summed E-state index contributed by atoms with van der Waals surface area (Å²) in [7, 11) is 0. The SMILES string of the molecule is CCCCCCNC(=O)c1ccccc1SCc1nnnn1-c1ccccc1. The highest BCUT2D eigenvalue weighted by atomic mass is 32.2. The molecule has 0 spiro atoms. The monoisotopic (exact) mass is 395 g/mol. The molecule has 0 radical (unpaired) electrons. The van der Waals surface area contributed by atoms with E-state index in [9.17, 15) is 4.79 Å². The zero-order valence-electron chi connectivity index (χ0n) is 16.0. The molecule has 0 atom stereocenters. The van der Waals surface area contributed by atoms with Crippen molar-refractivity contribution in [2.24, 2.45) is 0 Å². The highest BCUT2D eigenvalue weighted by Gasteiger charge is 2.13. The summed E-state index contributed by atoms with van der Waals surface area (Å²) in [5.74, 6) is 1.29. The Labute approximate surface area is 169 Å². The average Bonchev–Trinajstić information content (AvgIpc) is 3.21. The third kappa shape index (κ3) is 5.42. The second-order valence-electron chi connectivity index (χ2n) is 6.44. The van der Waals surface area contributed by atoms with Crippen LogP contribution in [0, 0.1) is 0 Å². The lowest BCUT2D eigenvalue weighted by Gasteiger charge is -2.10. The standard InChI is InChI=1S/C21H25N5OS/c1-2-3-4-10-15-22-21(27)18-13-8-9-14-19(18)28-16-20-23-24-25-26(20)17-11-6-5-7-12-17/h5-9,11-14H,2-4,10,15-16H2,1H3,(H,22,27). The van der Waals surface area contributed by atoms with Crippen molar-refractivity contribution in [3.8, 4) is 5.69 Å². The van der Waals surface area contributed by atoms with Gasteiger partial charge in [0.05, 0.1) is 17.0 Å². The van der Waals surface area contributed by atoms with Crippen LogP contribution in [0.5, 0.6) is 0 Å². The molecule has 0 aliphatic carbocycles. The van der Waals surface area contributed by atoms with Gasteiger partial charge >= 0.3 is 0 Å². The van der Waals surface area contributed by atoms with Gasteiger partial charge in [-0.1, -0.05) is 56.5 Å². The maximum atomic E-state index is 12.6. The van der Waals surface area contributed by atoms with Crippen molar-refractivity contribution >= 4 is 17.7 Å². The molecule has 1 aromatic heterocycles. The molecule has 0 bridgehead atoms. The molecule has 1 heterocycles. The Bertz CT molecular complexity index is 881. The first-order valence-corrected chi connectivity index (χ1v) is 10.6. The molecule has 0 unspecified atom stereocenters. The average molecular weight is 396 g/mol. The van der Waals surface area contributed by atoms with Crippen molar-refractivity contribution < 1.29 is 4.79 Å². The van der Waals surface area contributed by atoms with Gasteiger partial charge in [0.2, 0.25) is 0 Å². The normalized spacial score (nSPS) is 10.8. The molecule has 3 rings (SSSR count). The van der Waals surface area contributed by atoms with Crippen LogP contribution in [0.4, 0.5) is 0 Å². The molecule has 146 valence electrons. The second kappa shape index (κ2) is 10.6. The fraction of sp³-hybridized carbons (Fsp3) is 0.333. The minimum atomic E-state index is -0.0257. The van der Waals surface area contributed by atoms with E-state index in [-0.39, 0.29) is 5.91 Å². The molecule has 0 aliphatic rings. The zero-order valence-corrected chi connectivity index (χ0v) is 16.9. The molecule has 28 heavy (non-hydrogen) atoms. The summed E-state index contributed by atoms with van der Waals surface area (Å²) >= 11 is 1.57. The summed E-state index contributed by atoms with van der Waals surface area (Å²) in [6.07, 6.45) is 4.56. The highest BCUT2D eigenvalue weighted by Crippen LogP contribution is 2.26. The Morgan fingerprint density at radius 2 is 1.82 bits per heavy atom. The largest absolute Gasteiger partial charge is 0.352 e. The van der Waals surface area contributed by atoms with E-state index < -0.39 is 0 Å². The molecular weight excluding hydrogens is 370 g/mol. The van der Waals surface area contributed by atoms with Crippen molar-refractivity contribution in [2.45, 2.75) is 43.3 Å². The predicted molar refractivity (Wildman–Crippen MR) is 112 cm³/mol. The van der Waals surface area contributed by atoms with Crippen molar-refractivity contribution in [3.05, 3.63) is 66.0 Å². The second-order valence-corrected chi connectivity index (χ2v) is 7.46. The smallest absolute Gasteiger partial charge is 0.252 e. The number of nitrogens with one attached hydrogen (secondary N) is 1. The lowest BCUT2D eigenvalue weighted by atomic mass is 10.2. The van der Waals surface area contributed by atoms with Crippen LogP contribution in [0.1, 0.15) is 48.8 Å². The van der Waals surface area contributed by atoms with E-state index in [2.05, 4.69) is 27.8 Å². The number of tetrazole rings is 1. The summed E-state index contributed by atoms with van der Waals surface area (Å²) in [5, 5.41) is 15.1. The van der Waals surface area contributed by atoms with E-state index in [0.717, 1.165) is 29.2 Å². The van der Waals surface area contributed by atoms with Gasteiger partial charge in [-0.25, -0.2) is 0 Å². The van der Waals surface area contributed by atoms with E-state index in [1.165, 1.54) is 12.8 Å². The van der Waals surface area contributed by atoms with Gasteiger partial charge in [-0.3, -0.25) is 4.79 Å². The van der Waals surface area contributed by atoms with Crippen LogP contribution < -0.4 is 5.32 Å². The number of para-hydroxylation sites is 1. The third-order valence-electron chi connectivity index (χ3n) is 4.34. The summed E-state index contributed by atoms with van der Waals surface area (Å²) in [4.78, 5) is 13.5. The number of aromatic nitrogens is 4. The highest BCUT2D eigenvalue weighted by molar-refractivity contribution is 7.98. The number of carbonyl (C=O) groups excluding carboxylic acids is 1. The Morgan fingerprint density at radius 3 is 2.64 bits per heavy atom. The molecule has 0 fully saturated rings. The first-order valence-electron chi connectivity index (χ1n) is 9.62. The fourth-order valence-corrected chi connectivity index (χ4v) is 3.79. The molecule has 0 saturated heterocycles. The summed E-state index contributed by atoms with van der Waals surface area (Å²) < 4.78 is 1.73. The number of carbonyl (C=O) groups is 1. The first kappa shape index (κ1) is 20.1. The summed E-state index contributed by atoms with van der Waals surface area (Å²) in [6, 6.07) is 17.5. The van der Waals surface area contributed by atoms with Gasteiger partial charge in [0.15, 0.2) is 5.82 Å². The van der Waals surface area contributed by atoms with Crippen LogP contribution >= 0.6 is 11.8 Å². The Balaban J connectivity index is 1.63. The van der Waals surface area contributed by atoms with Crippen LogP contribution in [0.25, 0.3) is 5.69 Å². The third-order valence-corrected chi connectivity index (χ3v) is 5.41. The van der Waals surface area contributed by atoms with Crippen molar-refractivity contribution in [1.29, 1.82) is 0 Å². The number of thioether (sulfide) groups is 1. The molecule has 3 aromatic rings. The van der Waals surface area contributed by atoms with Gasteiger partial charge < -0.3 is 5.32 Å². The van der Waals surface area contributed by atoms with E-state index in [4.69, 9.17) is 0 Å². The minimum Gasteiger partial charge on any atom is -0.352 e. The maximum absolute atomic E-state index is 12.6. The van der Waals surface area contributed by atoms with E-state index >= 15 is 0 Å². The Morgan fingerprint density at radius 1 is 1.04 bits per heavy atom. The van der Waals surface area contributed by atoms with Crippen LogP contribution in [0.3, 0.4) is 0 Å². The molecule has 1 amide bonds. The quantitative estimate of drug-likeness (QED) is 0.410. The van der Waals surface area contributed by atoms with E-state index in [1.807, 2.05) is 54.6 Å². The molecular formula is C21H25N5OS. The van der Waals surface area contributed by atoms with Gasteiger partial charge in [0.25, 0.3) is 5.91 Å². The first-order chi connectivity index (χ1) is 13.8. The minimum absolute atomic E-state index is 0.0257. The number of benzene rings is 2. The van der Waals surface area contributed by atoms with Gasteiger partial charge in [-0.2, -0.15) is 4.68 Å². The molecule has 0 aliphatic heterocycles. The van der Waals surface area contributed by atoms with Crippen LogP contribution in [0.15, 0.2) is 59.5 Å². The molecule has 6 nitrogen and oxygen atoms in total. The maximum Gasteiger partial charge on any atom is 0.252 e. The van der Waals surface area contributed by atoms with Gasteiger partial charge in [0.1, 0.15) is 0 Å². The van der Waals surface area contributed by atoms with Gasteiger partial charge in [-0.15, -0.1) is 16.9 Å². The number of rotatable bonds is 10. The zero-order chi connectivity index (χ0) is 19.6. The number of unbranched alkanes of at least 4 members (excludes halogenated alkanes) is 3. The van der Waals surface area contributed by atoms with E-state index in [0.29, 0.717) is 17.9 Å². The predicted octanol–water partition coefficient (Wildman–Crippen LogP) is 4.26. The van der Waals surface area contributed by atoms with Gasteiger partial charge in [-0.05, 0) is 41.1 Å². The Kier molecular flexibility index (Phi) is 7.61. The molecule has 0 saturated carbocycles. The number of amides is 1.